The number of aromatic nitrogens is 1. The second kappa shape index (κ2) is 18.1. The minimum atomic E-state index is 0.800. The van der Waals surface area contributed by atoms with Crippen molar-refractivity contribution in [3.8, 4) is 16.8 Å². The maximum atomic E-state index is 4.00. The molecule has 1 heterocycles. The first-order valence-electron chi connectivity index (χ1n) is 18.7. The summed E-state index contributed by atoms with van der Waals surface area (Å²) in [4.78, 5) is 0. The van der Waals surface area contributed by atoms with E-state index in [2.05, 4.69) is 198 Å². The number of para-hydroxylation sites is 1. The summed E-state index contributed by atoms with van der Waals surface area (Å²) in [6.45, 7) is 7.79. The molecule has 266 valence electrons. The van der Waals surface area contributed by atoms with Crippen molar-refractivity contribution in [2.24, 2.45) is 11.7 Å². The van der Waals surface area contributed by atoms with Crippen LogP contribution in [0.1, 0.15) is 44.7 Å². The third-order valence-corrected chi connectivity index (χ3v) is 9.67. The highest BCUT2D eigenvalue weighted by Crippen LogP contribution is 2.37. The molecule has 0 unspecified atom stereocenters. The summed E-state index contributed by atoms with van der Waals surface area (Å²) in [6.07, 6.45) is 8.99. The Kier molecular flexibility index (Phi) is 12.6. The van der Waals surface area contributed by atoms with Crippen LogP contribution in [0.4, 0.5) is 0 Å². The van der Waals surface area contributed by atoms with Gasteiger partial charge in [0.15, 0.2) is 0 Å². The molecule has 0 amide bonds. The van der Waals surface area contributed by atoms with Gasteiger partial charge in [-0.2, -0.15) is 0 Å². The molecule has 1 aliphatic carbocycles. The van der Waals surface area contributed by atoms with Gasteiger partial charge in [0.05, 0.1) is 16.7 Å². The molecule has 0 fully saturated rings. The fraction of sp³-hybridized carbons (Fsp3) is 0.143. The number of hydrazine groups is 1. The number of nitrogens with zero attached hydrogens (tertiary/aromatic N) is 1. The topological polar surface area (TPSA) is 69.0 Å². The van der Waals surface area contributed by atoms with Crippen molar-refractivity contribution in [1.29, 1.82) is 0 Å². The molecule has 0 spiro atoms. The van der Waals surface area contributed by atoms with E-state index in [0.29, 0.717) is 0 Å². The number of rotatable bonds is 6. The van der Waals surface area contributed by atoms with Crippen LogP contribution in [-0.2, 0) is 13.1 Å². The minimum Gasteiger partial charge on any atom is -0.309 e. The maximum absolute atomic E-state index is 4.00. The second-order valence-electron chi connectivity index (χ2n) is 13.0. The monoisotopic (exact) mass is 694 g/mol. The number of fused-ring (bicyclic) bond motifs is 5. The summed E-state index contributed by atoms with van der Waals surface area (Å²) < 4.78 is 2.45. The predicted molar refractivity (Wildman–Crippen MR) is 230 cm³/mol. The van der Waals surface area contributed by atoms with E-state index in [0.717, 1.165) is 13.1 Å². The highest BCUT2D eigenvalue weighted by molar-refractivity contribution is 6.14. The Morgan fingerprint density at radius 3 is 1.98 bits per heavy atom. The highest BCUT2D eigenvalue weighted by Gasteiger charge is 2.15. The van der Waals surface area contributed by atoms with Crippen LogP contribution in [0.15, 0.2) is 175 Å². The number of hydrogen-bond acceptors (Lipinski definition) is 3. The van der Waals surface area contributed by atoms with Crippen LogP contribution in [0.2, 0.25) is 0 Å². The Balaban J connectivity index is 0.000000385. The molecular formula is C49H50N4. The first-order chi connectivity index (χ1) is 26.2. The Morgan fingerprint density at radius 2 is 1.23 bits per heavy atom. The lowest BCUT2D eigenvalue weighted by atomic mass is 10.0. The number of nitrogens with one attached hydrogen (secondary N) is 1. The van der Waals surface area contributed by atoms with Crippen LogP contribution >= 0.6 is 0 Å². The lowest BCUT2D eigenvalue weighted by Crippen LogP contribution is -2.13. The van der Waals surface area contributed by atoms with Crippen LogP contribution < -0.4 is 17.0 Å². The molecule has 8 aromatic rings. The van der Waals surface area contributed by atoms with Gasteiger partial charge in [-0.15, -0.1) is 0 Å². The van der Waals surface area contributed by atoms with Gasteiger partial charge in [0.2, 0.25) is 0 Å². The smallest absolute Gasteiger partial charge is 0.0547 e. The third kappa shape index (κ3) is 8.32. The zero-order valence-electron chi connectivity index (χ0n) is 31.1. The van der Waals surface area contributed by atoms with Gasteiger partial charge in [-0.25, -0.2) is 0 Å². The molecule has 5 N–H and O–H groups in total. The van der Waals surface area contributed by atoms with Gasteiger partial charge in [0, 0.05) is 29.2 Å². The Labute approximate surface area is 314 Å². The molecule has 4 heteroatoms. The summed E-state index contributed by atoms with van der Waals surface area (Å²) in [6, 6.07) is 55.0. The van der Waals surface area contributed by atoms with Crippen LogP contribution in [0.3, 0.4) is 0 Å². The average molecular weight is 695 g/mol. The van der Waals surface area contributed by atoms with Gasteiger partial charge in [0.1, 0.15) is 0 Å². The molecule has 0 aliphatic heterocycles. The molecule has 0 atom stereocenters. The fourth-order valence-electron chi connectivity index (χ4n) is 7.18. The fourth-order valence-corrected chi connectivity index (χ4v) is 7.18. The van der Waals surface area contributed by atoms with Gasteiger partial charge >= 0.3 is 0 Å². The van der Waals surface area contributed by atoms with Gasteiger partial charge in [0.25, 0.3) is 0 Å². The molecule has 1 aliphatic rings. The van der Waals surface area contributed by atoms with Crippen molar-refractivity contribution < 1.29 is 0 Å². The molecule has 0 saturated carbocycles. The zero-order chi connectivity index (χ0) is 37.0. The molecule has 1 aromatic heterocycles. The SMILES string of the molecule is CC.CC1=CC=CCC1.NN.c1ccc(-c2cccc(CNCc3cccc4c(-n5c6ccccc6c6cc7ccccc7cc65)cccc34)c2)cc1. The van der Waals surface area contributed by atoms with E-state index in [4.69, 9.17) is 0 Å². The Bertz CT molecular complexity index is 2490. The molecule has 0 saturated heterocycles. The van der Waals surface area contributed by atoms with Crippen molar-refractivity contribution in [1.82, 2.24) is 9.88 Å². The number of nitrogens with two attached hydrogens (primary N) is 2. The van der Waals surface area contributed by atoms with Crippen LogP contribution in [0.5, 0.6) is 0 Å². The quantitative estimate of drug-likeness (QED) is 0.120. The predicted octanol–water partition coefficient (Wildman–Crippen LogP) is 12.2. The van der Waals surface area contributed by atoms with Crippen LogP contribution in [0.25, 0.3) is 60.2 Å². The number of hydrogen-bond donors (Lipinski definition) is 3. The molecular weight excluding hydrogens is 645 g/mol. The average Bonchev–Trinajstić information content (AvgIpc) is 3.55. The van der Waals surface area contributed by atoms with Gasteiger partial charge in [-0.05, 0) is 88.5 Å². The van der Waals surface area contributed by atoms with E-state index < -0.39 is 0 Å². The van der Waals surface area contributed by atoms with E-state index in [1.165, 1.54) is 89.7 Å². The Morgan fingerprint density at radius 1 is 0.566 bits per heavy atom. The summed E-state index contributed by atoms with van der Waals surface area (Å²) >= 11 is 0. The van der Waals surface area contributed by atoms with Crippen molar-refractivity contribution in [3.63, 3.8) is 0 Å². The second-order valence-corrected chi connectivity index (χ2v) is 13.0. The van der Waals surface area contributed by atoms with Gasteiger partial charge < -0.3 is 9.88 Å². The van der Waals surface area contributed by atoms with Crippen molar-refractivity contribution in [3.05, 3.63) is 187 Å². The minimum absolute atomic E-state index is 0.800. The lowest BCUT2D eigenvalue weighted by molar-refractivity contribution is 0.697. The summed E-state index contributed by atoms with van der Waals surface area (Å²) in [5, 5.41) is 11.4. The van der Waals surface area contributed by atoms with E-state index in [-0.39, 0.29) is 0 Å². The molecule has 9 rings (SSSR count). The zero-order valence-corrected chi connectivity index (χ0v) is 31.1. The van der Waals surface area contributed by atoms with E-state index >= 15 is 0 Å². The summed E-state index contributed by atoms with van der Waals surface area (Å²) in [5.41, 5.74) is 10.3. The van der Waals surface area contributed by atoms with Crippen molar-refractivity contribution >= 4 is 43.4 Å². The molecule has 7 aromatic carbocycles. The molecule has 4 nitrogen and oxygen atoms in total. The normalized spacial score (nSPS) is 12.0. The largest absolute Gasteiger partial charge is 0.309 e. The third-order valence-electron chi connectivity index (χ3n) is 9.67. The van der Waals surface area contributed by atoms with Crippen LogP contribution in [0, 0.1) is 0 Å². The van der Waals surface area contributed by atoms with Gasteiger partial charge in [-0.3, -0.25) is 11.7 Å². The first kappa shape index (κ1) is 37.0. The van der Waals surface area contributed by atoms with Crippen LogP contribution in [-0.4, -0.2) is 4.57 Å². The lowest BCUT2D eigenvalue weighted by Gasteiger charge is -2.15. The first-order valence-corrected chi connectivity index (χ1v) is 18.7. The van der Waals surface area contributed by atoms with E-state index in [1.807, 2.05) is 13.8 Å². The van der Waals surface area contributed by atoms with Crippen molar-refractivity contribution in [2.45, 2.75) is 46.7 Å². The maximum Gasteiger partial charge on any atom is 0.0547 e. The number of benzene rings is 7. The summed E-state index contributed by atoms with van der Waals surface area (Å²) in [5.74, 6) is 8.00. The van der Waals surface area contributed by atoms with E-state index in [1.54, 1.807) is 0 Å². The molecule has 0 radical (unpaired) electrons. The van der Waals surface area contributed by atoms with Gasteiger partial charge in [-0.1, -0.05) is 159 Å². The highest BCUT2D eigenvalue weighted by atomic mass is 15.0. The molecule has 53 heavy (non-hydrogen) atoms. The van der Waals surface area contributed by atoms with E-state index in [9.17, 15) is 0 Å². The number of allylic oxidation sites excluding steroid dienone is 4. The Hall–Kier alpha value is -5.78. The molecule has 0 bridgehead atoms. The van der Waals surface area contributed by atoms with Crippen molar-refractivity contribution in [2.75, 3.05) is 0 Å². The standard InChI is InChI=1S/C40H30N2.C7H10.C2H6.H4N2/c1-2-12-29(13-3-1)30-16-8-11-28(23-30)26-41-27-33-17-9-20-35-34(33)19-10-22-39(35)42-38-21-7-6-18-36(38)37-24-31-14-4-5-15-32(31)25-40(37)42;1-7-5-3-2-4-6-7;2*1-2/h1-25,41H,26-27H2;2-3,5H,4,6H2,1H3;1-2H3;1-2H2. The summed E-state index contributed by atoms with van der Waals surface area (Å²) in [7, 11) is 0.